The smallest absolute Gasteiger partial charge is 0.137 e. The summed E-state index contributed by atoms with van der Waals surface area (Å²) < 4.78 is 14.5. The standard InChI is InChI=1S/C25H24ClF/c26-24-21(14-8-16-23(24)25(27)17-18-25)13-7-15-22(19-9-3-1-4-10-19)20-11-5-2-6-12-20/h1-6,8-12,14,16,22H,7,13,15,17-18H2. The van der Waals surface area contributed by atoms with Gasteiger partial charge in [-0.2, -0.15) is 0 Å². The van der Waals surface area contributed by atoms with Crippen LogP contribution in [0.2, 0.25) is 5.02 Å². The van der Waals surface area contributed by atoms with Crippen LogP contribution in [0.3, 0.4) is 0 Å². The predicted octanol–water partition coefficient (Wildman–Crippen LogP) is 7.45. The molecule has 3 aromatic carbocycles. The zero-order valence-electron chi connectivity index (χ0n) is 15.4. The third-order valence-corrected chi connectivity index (χ3v) is 6.04. The summed E-state index contributed by atoms with van der Waals surface area (Å²) in [7, 11) is 0. The minimum Gasteiger partial charge on any atom is -0.239 e. The molecular formula is C25H24ClF. The molecule has 1 saturated carbocycles. The highest BCUT2D eigenvalue weighted by Crippen LogP contribution is 2.52. The average Bonchev–Trinajstić information content (AvgIpc) is 3.46. The second-order valence-electron chi connectivity index (χ2n) is 7.51. The van der Waals surface area contributed by atoms with Crippen LogP contribution in [0.15, 0.2) is 78.9 Å². The van der Waals surface area contributed by atoms with Crippen LogP contribution in [0.25, 0.3) is 0 Å². The van der Waals surface area contributed by atoms with Crippen LogP contribution in [0.1, 0.15) is 53.9 Å². The van der Waals surface area contributed by atoms with Gasteiger partial charge in [-0.05, 0) is 48.8 Å². The zero-order chi connectivity index (χ0) is 18.7. The van der Waals surface area contributed by atoms with Crippen LogP contribution in [0.5, 0.6) is 0 Å². The molecule has 1 aliphatic rings. The van der Waals surface area contributed by atoms with Crippen molar-refractivity contribution in [3.63, 3.8) is 0 Å². The van der Waals surface area contributed by atoms with Gasteiger partial charge < -0.3 is 0 Å². The monoisotopic (exact) mass is 378 g/mol. The zero-order valence-corrected chi connectivity index (χ0v) is 16.1. The molecule has 3 aromatic rings. The van der Waals surface area contributed by atoms with Gasteiger partial charge in [-0.15, -0.1) is 0 Å². The van der Waals surface area contributed by atoms with Crippen LogP contribution < -0.4 is 0 Å². The Kier molecular flexibility index (Phi) is 5.31. The van der Waals surface area contributed by atoms with E-state index >= 15 is 0 Å². The van der Waals surface area contributed by atoms with Gasteiger partial charge in [-0.3, -0.25) is 0 Å². The van der Waals surface area contributed by atoms with Gasteiger partial charge in [-0.1, -0.05) is 90.5 Å². The van der Waals surface area contributed by atoms with Gasteiger partial charge in [0.05, 0.1) is 5.02 Å². The Morgan fingerprint density at radius 2 is 1.41 bits per heavy atom. The first-order valence-electron chi connectivity index (χ1n) is 9.74. The molecule has 0 aromatic heterocycles. The van der Waals surface area contributed by atoms with E-state index in [0.29, 0.717) is 29.3 Å². The van der Waals surface area contributed by atoms with Gasteiger partial charge in [0.25, 0.3) is 0 Å². The van der Waals surface area contributed by atoms with Crippen molar-refractivity contribution >= 4 is 11.6 Å². The van der Waals surface area contributed by atoms with Crippen LogP contribution in [0, 0.1) is 0 Å². The highest BCUT2D eigenvalue weighted by atomic mass is 35.5. The quantitative estimate of drug-likeness (QED) is 0.400. The third kappa shape index (κ3) is 4.09. The Balaban J connectivity index is 1.49. The molecule has 138 valence electrons. The fourth-order valence-electron chi connectivity index (χ4n) is 3.89. The van der Waals surface area contributed by atoms with E-state index in [1.54, 1.807) is 0 Å². The van der Waals surface area contributed by atoms with Gasteiger partial charge in [-0.25, -0.2) is 4.39 Å². The molecule has 0 amide bonds. The Morgan fingerprint density at radius 1 is 0.815 bits per heavy atom. The highest BCUT2D eigenvalue weighted by Gasteiger charge is 2.46. The summed E-state index contributed by atoms with van der Waals surface area (Å²) in [6.07, 6.45) is 4.12. The molecule has 0 bridgehead atoms. The summed E-state index contributed by atoms with van der Waals surface area (Å²) >= 11 is 6.54. The van der Waals surface area contributed by atoms with Crippen LogP contribution in [0.4, 0.5) is 4.39 Å². The van der Waals surface area contributed by atoms with Gasteiger partial charge >= 0.3 is 0 Å². The van der Waals surface area contributed by atoms with Gasteiger partial charge in [0.1, 0.15) is 5.67 Å². The molecule has 0 N–H and O–H groups in total. The van der Waals surface area contributed by atoms with Crippen molar-refractivity contribution < 1.29 is 4.39 Å². The molecule has 0 unspecified atom stereocenters. The lowest BCUT2D eigenvalue weighted by atomic mass is 9.86. The molecule has 0 spiro atoms. The first-order valence-corrected chi connectivity index (χ1v) is 10.1. The molecule has 0 aliphatic heterocycles. The Labute approximate surface area is 166 Å². The van der Waals surface area contributed by atoms with Crippen LogP contribution in [-0.4, -0.2) is 0 Å². The van der Waals surface area contributed by atoms with Crippen molar-refractivity contribution in [1.29, 1.82) is 0 Å². The Hall–Kier alpha value is -2.12. The number of aryl methyl sites for hydroxylation is 1. The number of alkyl halides is 1. The molecule has 1 aliphatic carbocycles. The number of rotatable bonds is 7. The van der Waals surface area contributed by atoms with Crippen molar-refractivity contribution in [3.05, 3.63) is 106 Å². The summed E-state index contributed by atoms with van der Waals surface area (Å²) in [4.78, 5) is 0. The molecule has 0 heterocycles. The van der Waals surface area contributed by atoms with Crippen LogP contribution in [-0.2, 0) is 12.1 Å². The van der Waals surface area contributed by atoms with E-state index in [4.69, 9.17) is 11.6 Å². The van der Waals surface area contributed by atoms with E-state index in [1.807, 2.05) is 18.2 Å². The number of halogens is 2. The minimum absolute atomic E-state index is 0.366. The second kappa shape index (κ2) is 7.86. The highest BCUT2D eigenvalue weighted by molar-refractivity contribution is 6.32. The Bertz CT molecular complexity index is 845. The van der Waals surface area contributed by atoms with E-state index in [0.717, 1.165) is 24.8 Å². The summed E-state index contributed by atoms with van der Waals surface area (Å²) in [5.74, 6) is 0.366. The molecule has 0 atom stereocenters. The minimum atomic E-state index is -1.18. The topological polar surface area (TPSA) is 0 Å². The maximum atomic E-state index is 14.5. The van der Waals surface area contributed by atoms with E-state index in [1.165, 1.54) is 11.1 Å². The summed E-state index contributed by atoms with van der Waals surface area (Å²) in [5, 5.41) is 0.633. The summed E-state index contributed by atoms with van der Waals surface area (Å²) in [6.45, 7) is 0. The van der Waals surface area contributed by atoms with E-state index in [9.17, 15) is 4.39 Å². The molecular weight excluding hydrogens is 355 g/mol. The van der Waals surface area contributed by atoms with Crippen LogP contribution >= 0.6 is 11.6 Å². The van der Waals surface area contributed by atoms with E-state index in [2.05, 4.69) is 60.7 Å². The lowest BCUT2D eigenvalue weighted by Crippen LogP contribution is -2.04. The maximum Gasteiger partial charge on any atom is 0.137 e. The molecule has 1 fully saturated rings. The van der Waals surface area contributed by atoms with E-state index < -0.39 is 5.67 Å². The SMILES string of the molecule is FC1(c2cccc(CCCC(c3ccccc3)c3ccccc3)c2Cl)CC1. The van der Waals surface area contributed by atoms with Gasteiger partial charge in [0.15, 0.2) is 0 Å². The van der Waals surface area contributed by atoms with E-state index in [-0.39, 0.29) is 0 Å². The molecule has 27 heavy (non-hydrogen) atoms. The van der Waals surface area contributed by atoms with Gasteiger partial charge in [0.2, 0.25) is 0 Å². The largest absolute Gasteiger partial charge is 0.239 e. The number of hydrogen-bond donors (Lipinski definition) is 0. The second-order valence-corrected chi connectivity index (χ2v) is 7.89. The van der Waals surface area contributed by atoms with Crippen molar-refractivity contribution in [2.24, 2.45) is 0 Å². The number of benzene rings is 3. The summed E-state index contributed by atoms with van der Waals surface area (Å²) in [6, 6.07) is 27.1. The molecule has 0 nitrogen and oxygen atoms in total. The first kappa shape index (κ1) is 18.3. The molecule has 0 saturated heterocycles. The van der Waals surface area contributed by atoms with Crippen molar-refractivity contribution in [2.45, 2.75) is 43.7 Å². The average molecular weight is 379 g/mol. The lowest BCUT2D eigenvalue weighted by Gasteiger charge is -2.19. The first-order chi connectivity index (χ1) is 13.2. The predicted molar refractivity (Wildman–Crippen MR) is 111 cm³/mol. The molecule has 2 heteroatoms. The summed E-state index contributed by atoms with van der Waals surface area (Å²) in [5.41, 5.74) is 3.25. The Morgan fingerprint density at radius 3 is 1.96 bits per heavy atom. The number of hydrogen-bond acceptors (Lipinski definition) is 0. The molecule has 0 radical (unpaired) electrons. The van der Waals surface area contributed by atoms with Crippen molar-refractivity contribution in [3.8, 4) is 0 Å². The third-order valence-electron chi connectivity index (χ3n) is 5.59. The normalized spacial score (nSPS) is 15.1. The fraction of sp³-hybridized carbons (Fsp3) is 0.280. The van der Waals surface area contributed by atoms with Gasteiger partial charge in [0, 0.05) is 11.5 Å². The fourth-order valence-corrected chi connectivity index (χ4v) is 4.28. The maximum absolute atomic E-state index is 14.5. The molecule has 4 rings (SSSR count). The lowest BCUT2D eigenvalue weighted by molar-refractivity contribution is 0.317. The van der Waals surface area contributed by atoms with Crippen molar-refractivity contribution in [2.75, 3.05) is 0 Å². The van der Waals surface area contributed by atoms with Crippen molar-refractivity contribution in [1.82, 2.24) is 0 Å².